The van der Waals surface area contributed by atoms with Gasteiger partial charge in [0.05, 0.1) is 4.90 Å². The Morgan fingerprint density at radius 1 is 1.10 bits per heavy atom. The first kappa shape index (κ1) is 21.5. The maximum atomic E-state index is 12.8. The van der Waals surface area contributed by atoms with Crippen molar-refractivity contribution < 1.29 is 17.9 Å². The van der Waals surface area contributed by atoms with Crippen molar-refractivity contribution >= 4 is 15.9 Å². The van der Waals surface area contributed by atoms with Crippen LogP contribution in [-0.2, 0) is 21.3 Å². The van der Waals surface area contributed by atoms with Crippen molar-refractivity contribution in [2.45, 2.75) is 38.1 Å². The van der Waals surface area contributed by atoms with Crippen LogP contribution in [-0.4, -0.2) is 34.1 Å². The second kappa shape index (κ2) is 9.07. The minimum Gasteiger partial charge on any atom is -0.381 e. The number of hydrogen-bond donors (Lipinski definition) is 2. The van der Waals surface area contributed by atoms with E-state index in [1.54, 1.807) is 19.1 Å². The molecule has 1 fully saturated rings. The van der Waals surface area contributed by atoms with Crippen LogP contribution in [0.2, 0.25) is 0 Å². The molecule has 0 aromatic heterocycles. The van der Waals surface area contributed by atoms with Gasteiger partial charge in [-0.05, 0) is 48.4 Å². The third-order valence-electron chi connectivity index (χ3n) is 5.42. The van der Waals surface area contributed by atoms with Gasteiger partial charge in [0.25, 0.3) is 5.91 Å². The quantitative estimate of drug-likeness (QED) is 0.727. The molecule has 0 atom stereocenters. The van der Waals surface area contributed by atoms with E-state index in [1.165, 1.54) is 6.07 Å². The molecule has 7 heteroatoms. The van der Waals surface area contributed by atoms with Crippen molar-refractivity contribution in [2.24, 2.45) is 5.41 Å². The Labute approximate surface area is 172 Å². The molecule has 0 saturated carbocycles. The Morgan fingerprint density at radius 3 is 2.48 bits per heavy atom. The summed E-state index contributed by atoms with van der Waals surface area (Å²) in [6.45, 7) is 5.99. The fourth-order valence-electron chi connectivity index (χ4n) is 3.32. The van der Waals surface area contributed by atoms with E-state index < -0.39 is 10.0 Å². The first-order valence-corrected chi connectivity index (χ1v) is 11.3. The Balaban J connectivity index is 1.70. The average molecular weight is 417 g/mol. The van der Waals surface area contributed by atoms with Crippen molar-refractivity contribution in [3.63, 3.8) is 0 Å². The van der Waals surface area contributed by atoms with Crippen LogP contribution >= 0.6 is 0 Å². The summed E-state index contributed by atoms with van der Waals surface area (Å²) in [5.74, 6) is -0.266. The molecule has 1 aliphatic heterocycles. The zero-order chi connectivity index (χ0) is 20.9. The Hall–Kier alpha value is -2.22. The van der Waals surface area contributed by atoms with Crippen LogP contribution in [0.4, 0.5) is 0 Å². The number of aryl methyl sites for hydroxylation is 1. The number of hydrogen-bond acceptors (Lipinski definition) is 4. The third-order valence-corrected chi connectivity index (χ3v) is 6.97. The van der Waals surface area contributed by atoms with E-state index in [4.69, 9.17) is 4.74 Å². The topological polar surface area (TPSA) is 84.5 Å². The van der Waals surface area contributed by atoms with Gasteiger partial charge in [-0.3, -0.25) is 4.79 Å². The number of ether oxygens (including phenoxy) is 1. The van der Waals surface area contributed by atoms with Gasteiger partial charge in [0.15, 0.2) is 0 Å². The van der Waals surface area contributed by atoms with E-state index >= 15 is 0 Å². The fourth-order valence-corrected chi connectivity index (χ4v) is 4.61. The maximum absolute atomic E-state index is 12.8. The van der Waals surface area contributed by atoms with Gasteiger partial charge < -0.3 is 10.1 Å². The standard InChI is InChI=1S/C22H28N2O4S/c1-17-8-9-19(21(25)23-16-22(2)10-12-28-13-11-22)14-20(17)29(26,27)24-15-18-6-4-3-5-7-18/h3-9,14,24H,10-13,15-16H2,1-2H3,(H,23,25). The molecule has 0 aliphatic carbocycles. The van der Waals surface area contributed by atoms with Crippen LogP contribution in [0.1, 0.15) is 41.3 Å². The SMILES string of the molecule is Cc1ccc(C(=O)NCC2(C)CCOCC2)cc1S(=O)(=O)NCc1ccccc1. The highest BCUT2D eigenvalue weighted by Gasteiger charge is 2.28. The Kier molecular flexibility index (Phi) is 6.72. The number of nitrogens with one attached hydrogen (secondary N) is 2. The monoisotopic (exact) mass is 416 g/mol. The predicted octanol–water partition coefficient (Wildman–Crippen LogP) is 3.02. The second-order valence-corrected chi connectivity index (χ2v) is 9.63. The van der Waals surface area contributed by atoms with Gasteiger partial charge in [-0.2, -0.15) is 0 Å². The van der Waals surface area contributed by atoms with Gasteiger partial charge in [-0.15, -0.1) is 0 Å². The third kappa shape index (κ3) is 5.65. The summed E-state index contributed by atoms with van der Waals surface area (Å²) < 4.78 is 33.6. The molecule has 0 radical (unpaired) electrons. The molecule has 6 nitrogen and oxygen atoms in total. The lowest BCUT2D eigenvalue weighted by Crippen LogP contribution is -2.39. The molecule has 1 aliphatic rings. The lowest BCUT2D eigenvalue weighted by molar-refractivity contribution is 0.0238. The van der Waals surface area contributed by atoms with Crippen molar-refractivity contribution in [3.05, 3.63) is 65.2 Å². The lowest BCUT2D eigenvalue weighted by Gasteiger charge is -2.33. The van der Waals surface area contributed by atoms with Gasteiger partial charge >= 0.3 is 0 Å². The number of sulfonamides is 1. The van der Waals surface area contributed by atoms with Crippen molar-refractivity contribution in [1.82, 2.24) is 10.0 Å². The smallest absolute Gasteiger partial charge is 0.251 e. The molecular weight excluding hydrogens is 388 g/mol. The van der Waals surface area contributed by atoms with Crippen LogP contribution in [0.25, 0.3) is 0 Å². The highest BCUT2D eigenvalue weighted by molar-refractivity contribution is 7.89. The summed E-state index contributed by atoms with van der Waals surface area (Å²) in [7, 11) is -3.74. The lowest BCUT2D eigenvalue weighted by atomic mass is 9.82. The maximum Gasteiger partial charge on any atom is 0.251 e. The van der Waals surface area contributed by atoms with E-state index in [9.17, 15) is 13.2 Å². The summed E-state index contributed by atoms with van der Waals surface area (Å²) in [5, 5.41) is 2.96. The average Bonchev–Trinajstić information content (AvgIpc) is 2.72. The minimum absolute atomic E-state index is 0.00471. The summed E-state index contributed by atoms with van der Waals surface area (Å²) in [6.07, 6.45) is 1.79. The first-order valence-electron chi connectivity index (χ1n) is 9.79. The summed E-state index contributed by atoms with van der Waals surface area (Å²) >= 11 is 0. The molecular formula is C22H28N2O4S. The largest absolute Gasteiger partial charge is 0.381 e. The van der Waals surface area contributed by atoms with E-state index in [-0.39, 0.29) is 22.8 Å². The van der Waals surface area contributed by atoms with Gasteiger partial charge in [0.1, 0.15) is 0 Å². The number of benzene rings is 2. The van der Waals surface area contributed by atoms with Gasteiger partial charge in [0.2, 0.25) is 10.0 Å². The summed E-state index contributed by atoms with van der Waals surface area (Å²) in [6, 6.07) is 14.1. The van der Waals surface area contributed by atoms with Crippen molar-refractivity contribution in [1.29, 1.82) is 0 Å². The van der Waals surface area contributed by atoms with E-state index in [0.717, 1.165) is 18.4 Å². The zero-order valence-corrected chi connectivity index (χ0v) is 17.7. The number of carbonyl (C=O) groups excluding carboxylic acids is 1. The van der Waals surface area contributed by atoms with Crippen LogP contribution < -0.4 is 10.0 Å². The Morgan fingerprint density at radius 2 is 1.79 bits per heavy atom. The van der Waals surface area contributed by atoms with Crippen molar-refractivity contribution in [3.8, 4) is 0 Å². The van der Waals surface area contributed by atoms with E-state index in [2.05, 4.69) is 17.0 Å². The fraction of sp³-hybridized carbons (Fsp3) is 0.409. The molecule has 0 spiro atoms. The molecule has 29 heavy (non-hydrogen) atoms. The highest BCUT2D eigenvalue weighted by Crippen LogP contribution is 2.28. The van der Waals surface area contributed by atoms with Crippen LogP contribution in [0.5, 0.6) is 0 Å². The molecule has 2 aromatic rings. The minimum atomic E-state index is -3.74. The predicted molar refractivity (Wildman–Crippen MR) is 112 cm³/mol. The first-order chi connectivity index (χ1) is 13.8. The Bertz CT molecular complexity index is 952. The zero-order valence-electron chi connectivity index (χ0n) is 16.9. The second-order valence-electron chi connectivity index (χ2n) is 7.90. The summed E-state index contributed by atoms with van der Waals surface area (Å²) in [5.41, 5.74) is 1.81. The molecule has 1 amide bonds. The molecule has 156 valence electrons. The van der Waals surface area contributed by atoms with E-state index in [0.29, 0.717) is 30.9 Å². The normalized spacial score (nSPS) is 16.3. The number of amides is 1. The van der Waals surface area contributed by atoms with Gasteiger partial charge in [-0.25, -0.2) is 13.1 Å². The highest BCUT2D eigenvalue weighted by atomic mass is 32.2. The summed E-state index contributed by atoms with van der Waals surface area (Å²) in [4.78, 5) is 12.8. The van der Waals surface area contributed by atoms with Crippen molar-refractivity contribution in [2.75, 3.05) is 19.8 Å². The van der Waals surface area contributed by atoms with E-state index in [1.807, 2.05) is 30.3 Å². The van der Waals surface area contributed by atoms with Crippen LogP contribution in [0.15, 0.2) is 53.4 Å². The van der Waals surface area contributed by atoms with Gasteiger partial charge in [-0.1, -0.05) is 43.3 Å². The molecule has 2 aromatic carbocycles. The molecule has 0 bridgehead atoms. The molecule has 2 N–H and O–H groups in total. The molecule has 1 heterocycles. The molecule has 3 rings (SSSR count). The number of rotatable bonds is 7. The van der Waals surface area contributed by atoms with Crippen LogP contribution in [0.3, 0.4) is 0 Å². The molecule has 1 saturated heterocycles. The van der Waals surface area contributed by atoms with Gasteiger partial charge in [0, 0.05) is 31.9 Å². The van der Waals surface area contributed by atoms with Crippen LogP contribution in [0, 0.1) is 12.3 Å². The number of carbonyl (C=O) groups is 1. The molecule has 0 unspecified atom stereocenters.